The van der Waals surface area contributed by atoms with E-state index in [1.165, 1.54) is 55.4 Å². The minimum Gasteiger partial charge on any atom is -0.303 e. The zero-order chi connectivity index (χ0) is 12.7. The first-order valence-corrected chi connectivity index (χ1v) is 8.40. The number of aryl methyl sites for hydroxylation is 1. The third-order valence-corrected chi connectivity index (χ3v) is 6.21. The molecule has 19 heavy (non-hydrogen) atoms. The molecule has 2 aromatic rings. The summed E-state index contributed by atoms with van der Waals surface area (Å²) in [5.74, 6) is 1.99. The number of fused-ring (bicyclic) bond motifs is 4. The van der Waals surface area contributed by atoms with E-state index in [0.717, 1.165) is 11.8 Å². The third kappa shape index (κ3) is 2.32. The molecule has 3 aliphatic heterocycles. The van der Waals surface area contributed by atoms with E-state index in [1.54, 1.807) is 4.88 Å². The molecule has 4 heterocycles. The molecule has 3 saturated heterocycles. The van der Waals surface area contributed by atoms with Gasteiger partial charge < -0.3 is 4.90 Å². The molecule has 3 fully saturated rings. The van der Waals surface area contributed by atoms with Gasteiger partial charge in [-0.15, -0.1) is 11.3 Å². The fourth-order valence-corrected chi connectivity index (χ4v) is 4.98. The van der Waals surface area contributed by atoms with Crippen LogP contribution in [0.3, 0.4) is 0 Å². The average Bonchev–Trinajstić information content (AvgIpc) is 2.89. The molecule has 5 rings (SSSR count). The van der Waals surface area contributed by atoms with Gasteiger partial charge in [-0.25, -0.2) is 0 Å². The van der Waals surface area contributed by atoms with Crippen LogP contribution in [0.25, 0.3) is 10.1 Å². The van der Waals surface area contributed by atoms with Crippen molar-refractivity contribution in [3.63, 3.8) is 0 Å². The maximum Gasteiger partial charge on any atom is 0.0345 e. The van der Waals surface area contributed by atoms with Crippen LogP contribution in [0.5, 0.6) is 0 Å². The van der Waals surface area contributed by atoms with Gasteiger partial charge in [0.2, 0.25) is 0 Å². The number of rotatable bonds is 3. The summed E-state index contributed by atoms with van der Waals surface area (Å²) in [6.45, 7) is 4.10. The lowest BCUT2D eigenvalue weighted by atomic mass is 9.77. The zero-order valence-electron chi connectivity index (χ0n) is 11.3. The summed E-state index contributed by atoms with van der Waals surface area (Å²) in [7, 11) is 0. The molecular formula is C17H21NS. The van der Waals surface area contributed by atoms with Crippen LogP contribution in [0, 0.1) is 11.8 Å². The number of nitrogens with zero attached hydrogens (tertiary/aromatic N) is 1. The first-order chi connectivity index (χ1) is 9.38. The molecule has 1 atom stereocenters. The van der Waals surface area contributed by atoms with Crippen molar-refractivity contribution in [1.29, 1.82) is 0 Å². The highest BCUT2D eigenvalue weighted by atomic mass is 32.1. The Balaban J connectivity index is 1.44. The number of piperidine rings is 3. The minimum atomic E-state index is 0.965. The van der Waals surface area contributed by atoms with Gasteiger partial charge in [-0.3, -0.25) is 0 Å². The molecule has 100 valence electrons. The lowest BCUT2D eigenvalue weighted by molar-refractivity contribution is 0.0470. The third-order valence-electron chi connectivity index (χ3n) is 5.03. The molecule has 1 aromatic carbocycles. The first kappa shape index (κ1) is 11.9. The highest BCUT2D eigenvalue weighted by Crippen LogP contribution is 2.36. The molecule has 0 aliphatic carbocycles. The summed E-state index contributed by atoms with van der Waals surface area (Å²) >= 11 is 1.99. The van der Waals surface area contributed by atoms with Crippen molar-refractivity contribution < 1.29 is 0 Å². The molecule has 2 bridgehead atoms. The van der Waals surface area contributed by atoms with Crippen molar-refractivity contribution in [2.24, 2.45) is 11.8 Å². The number of hydrogen-bond acceptors (Lipinski definition) is 2. The summed E-state index contributed by atoms with van der Waals surface area (Å²) in [6, 6.07) is 11.2. The Morgan fingerprint density at radius 1 is 1.16 bits per heavy atom. The second-order valence-corrected chi connectivity index (χ2v) is 7.36. The van der Waals surface area contributed by atoms with Gasteiger partial charge >= 0.3 is 0 Å². The lowest BCUT2D eigenvalue weighted by Crippen LogP contribution is -2.47. The highest BCUT2D eigenvalue weighted by Gasteiger charge is 2.33. The maximum absolute atomic E-state index is 2.68. The van der Waals surface area contributed by atoms with Gasteiger partial charge in [0, 0.05) is 16.1 Å². The second-order valence-electron chi connectivity index (χ2n) is 6.19. The molecule has 0 N–H and O–H groups in total. The first-order valence-electron chi connectivity index (χ1n) is 7.58. The highest BCUT2D eigenvalue weighted by molar-refractivity contribution is 7.19. The summed E-state index contributed by atoms with van der Waals surface area (Å²) < 4.78 is 1.45. The van der Waals surface area contributed by atoms with Crippen LogP contribution in [0.4, 0.5) is 0 Å². The summed E-state index contributed by atoms with van der Waals surface area (Å²) in [6.07, 6.45) is 5.59. The van der Waals surface area contributed by atoms with Crippen LogP contribution in [0.2, 0.25) is 0 Å². The molecule has 0 saturated carbocycles. The molecular weight excluding hydrogens is 250 g/mol. The van der Waals surface area contributed by atoms with E-state index in [9.17, 15) is 0 Å². The Morgan fingerprint density at radius 3 is 2.74 bits per heavy atom. The zero-order valence-corrected chi connectivity index (χ0v) is 12.2. The van der Waals surface area contributed by atoms with Crippen molar-refractivity contribution in [2.45, 2.75) is 25.7 Å². The molecule has 1 nitrogen and oxygen atoms in total. The van der Waals surface area contributed by atoms with Gasteiger partial charge in [-0.2, -0.15) is 0 Å². The molecule has 1 aromatic heterocycles. The van der Waals surface area contributed by atoms with E-state index >= 15 is 0 Å². The number of benzene rings is 1. The van der Waals surface area contributed by atoms with Crippen molar-refractivity contribution in [3.8, 4) is 0 Å². The van der Waals surface area contributed by atoms with Gasteiger partial charge in [0.05, 0.1) is 0 Å². The predicted molar refractivity (Wildman–Crippen MR) is 82.8 cm³/mol. The largest absolute Gasteiger partial charge is 0.303 e. The maximum atomic E-state index is 2.68. The SMILES string of the molecule is c1ccc2sc(CCC3CN4CCC3CC4)cc2c1. The van der Waals surface area contributed by atoms with Gasteiger partial charge in [-0.05, 0) is 68.1 Å². The van der Waals surface area contributed by atoms with Crippen molar-refractivity contribution in [3.05, 3.63) is 35.2 Å². The van der Waals surface area contributed by atoms with Crippen molar-refractivity contribution >= 4 is 21.4 Å². The quantitative estimate of drug-likeness (QED) is 0.809. The van der Waals surface area contributed by atoms with Gasteiger partial charge in [0.1, 0.15) is 0 Å². The number of thiophene rings is 1. The molecule has 0 spiro atoms. The molecule has 1 unspecified atom stereocenters. The van der Waals surface area contributed by atoms with Gasteiger partial charge in [0.15, 0.2) is 0 Å². The standard InChI is InChI=1S/C17H21NS/c1-2-4-17-14(3-1)11-16(19-17)6-5-15-12-18-9-7-13(15)8-10-18/h1-4,11,13,15H,5-10,12H2. The Kier molecular flexibility index (Phi) is 3.08. The van der Waals surface area contributed by atoms with Crippen LogP contribution in [0.15, 0.2) is 30.3 Å². The van der Waals surface area contributed by atoms with E-state index in [-0.39, 0.29) is 0 Å². The topological polar surface area (TPSA) is 3.24 Å². The van der Waals surface area contributed by atoms with E-state index < -0.39 is 0 Å². The minimum absolute atomic E-state index is 0.965. The van der Waals surface area contributed by atoms with Crippen LogP contribution >= 0.6 is 11.3 Å². The normalized spacial score (nSPS) is 30.0. The number of hydrogen-bond donors (Lipinski definition) is 0. The summed E-state index contributed by atoms with van der Waals surface area (Å²) in [5.41, 5.74) is 0. The van der Waals surface area contributed by atoms with Gasteiger partial charge in [0.25, 0.3) is 0 Å². The Morgan fingerprint density at radius 2 is 2.00 bits per heavy atom. The molecule has 3 aliphatic rings. The fraction of sp³-hybridized carbons (Fsp3) is 0.529. The second kappa shape index (κ2) is 4.92. The van der Waals surface area contributed by atoms with Crippen LogP contribution in [0.1, 0.15) is 24.1 Å². The monoisotopic (exact) mass is 271 g/mol. The summed E-state index contributed by atoms with van der Waals surface area (Å²) in [4.78, 5) is 4.26. The Bertz CT molecular complexity index is 532. The van der Waals surface area contributed by atoms with E-state index in [0.29, 0.717) is 0 Å². The van der Waals surface area contributed by atoms with Crippen LogP contribution in [-0.2, 0) is 6.42 Å². The Hall–Kier alpha value is -0.860. The smallest absolute Gasteiger partial charge is 0.0345 e. The van der Waals surface area contributed by atoms with Crippen molar-refractivity contribution in [2.75, 3.05) is 19.6 Å². The van der Waals surface area contributed by atoms with Crippen LogP contribution in [-0.4, -0.2) is 24.5 Å². The van der Waals surface area contributed by atoms with Crippen LogP contribution < -0.4 is 0 Å². The molecule has 2 heteroatoms. The van der Waals surface area contributed by atoms with Gasteiger partial charge in [-0.1, -0.05) is 18.2 Å². The van der Waals surface area contributed by atoms with E-state index in [2.05, 4.69) is 35.2 Å². The fourth-order valence-electron chi connectivity index (χ4n) is 3.90. The summed E-state index contributed by atoms with van der Waals surface area (Å²) in [5, 5.41) is 1.43. The molecule has 0 amide bonds. The van der Waals surface area contributed by atoms with E-state index in [4.69, 9.17) is 0 Å². The predicted octanol–water partition coefficient (Wildman–Crippen LogP) is 4.18. The lowest BCUT2D eigenvalue weighted by Gasteiger charge is -2.45. The Labute approximate surface area is 119 Å². The average molecular weight is 271 g/mol. The van der Waals surface area contributed by atoms with Crippen molar-refractivity contribution in [1.82, 2.24) is 4.90 Å². The van der Waals surface area contributed by atoms with E-state index in [1.807, 2.05) is 11.3 Å². The molecule has 0 radical (unpaired) electrons.